The van der Waals surface area contributed by atoms with E-state index in [0.29, 0.717) is 6.54 Å². The molecule has 0 spiro atoms. The standard InChI is InChI=1S/C21H21N.BrH/c22-17-16-21(18-10-4-1-5-11-18,19-12-6-2-7-13-19)20-14-8-3-9-15-20;/h1-15H,16-17,22H2;1H. The molecule has 3 aromatic rings. The molecule has 1 nitrogen and oxygen atoms in total. The molecule has 2 heteroatoms. The van der Waals surface area contributed by atoms with Gasteiger partial charge in [-0.15, -0.1) is 17.0 Å². The Labute approximate surface area is 148 Å². The van der Waals surface area contributed by atoms with Crippen molar-refractivity contribution in [3.8, 4) is 0 Å². The van der Waals surface area contributed by atoms with E-state index in [1.165, 1.54) is 16.7 Å². The molecule has 0 saturated heterocycles. The third-order valence-corrected chi connectivity index (χ3v) is 4.32. The number of hydrogen-bond donors (Lipinski definition) is 1. The molecule has 0 saturated carbocycles. The molecule has 0 atom stereocenters. The fourth-order valence-corrected chi connectivity index (χ4v) is 3.32. The van der Waals surface area contributed by atoms with E-state index in [-0.39, 0.29) is 22.4 Å². The van der Waals surface area contributed by atoms with Crippen molar-refractivity contribution in [1.29, 1.82) is 0 Å². The van der Waals surface area contributed by atoms with Gasteiger partial charge >= 0.3 is 0 Å². The minimum absolute atomic E-state index is 0. The molecule has 0 heterocycles. The zero-order valence-corrected chi connectivity index (χ0v) is 14.8. The zero-order chi connectivity index (χ0) is 15.3. The molecule has 0 radical (unpaired) electrons. The molecule has 0 fully saturated rings. The molecule has 3 rings (SSSR count). The van der Waals surface area contributed by atoms with Gasteiger partial charge in [0.2, 0.25) is 0 Å². The number of nitrogens with two attached hydrogens (primary N) is 1. The van der Waals surface area contributed by atoms with E-state index in [2.05, 4.69) is 91.0 Å². The molecule has 23 heavy (non-hydrogen) atoms. The normalized spacial score (nSPS) is 10.8. The quantitative estimate of drug-likeness (QED) is 0.634. The van der Waals surface area contributed by atoms with Crippen LogP contribution in [0.5, 0.6) is 0 Å². The number of halogens is 1. The Morgan fingerprint density at radius 1 is 0.565 bits per heavy atom. The zero-order valence-electron chi connectivity index (χ0n) is 13.1. The van der Waals surface area contributed by atoms with Gasteiger partial charge in [0.05, 0.1) is 0 Å². The second kappa shape index (κ2) is 8.09. The van der Waals surface area contributed by atoms with Crippen LogP contribution in [-0.4, -0.2) is 6.54 Å². The number of benzene rings is 3. The van der Waals surface area contributed by atoms with E-state index in [1.54, 1.807) is 0 Å². The predicted octanol–water partition coefficient (Wildman–Crippen LogP) is 4.95. The first-order chi connectivity index (χ1) is 10.9. The molecule has 0 aliphatic carbocycles. The smallest absolute Gasteiger partial charge is 0.0463 e. The second-order valence-electron chi connectivity index (χ2n) is 5.54. The van der Waals surface area contributed by atoms with E-state index in [0.717, 1.165) is 6.42 Å². The van der Waals surface area contributed by atoms with Crippen molar-refractivity contribution in [3.05, 3.63) is 108 Å². The first-order valence-corrected chi connectivity index (χ1v) is 7.74. The van der Waals surface area contributed by atoms with E-state index < -0.39 is 0 Å². The SMILES string of the molecule is Br.NCCC(c1ccccc1)(c1ccccc1)c1ccccc1. The lowest BCUT2D eigenvalue weighted by Gasteiger charge is -2.36. The van der Waals surface area contributed by atoms with Crippen LogP contribution in [0.4, 0.5) is 0 Å². The van der Waals surface area contributed by atoms with Crippen LogP contribution >= 0.6 is 17.0 Å². The minimum atomic E-state index is -0.196. The molecular formula is C21H22BrN. The van der Waals surface area contributed by atoms with Gasteiger partial charge in [-0.25, -0.2) is 0 Å². The molecule has 0 unspecified atom stereocenters. The van der Waals surface area contributed by atoms with Gasteiger partial charge in [-0.2, -0.15) is 0 Å². The summed E-state index contributed by atoms with van der Waals surface area (Å²) >= 11 is 0. The van der Waals surface area contributed by atoms with Crippen molar-refractivity contribution >= 4 is 17.0 Å². The van der Waals surface area contributed by atoms with Crippen molar-refractivity contribution in [2.24, 2.45) is 5.73 Å². The molecule has 0 aromatic heterocycles. The van der Waals surface area contributed by atoms with Gasteiger partial charge in [-0.3, -0.25) is 0 Å². The Bertz CT molecular complexity index is 599. The minimum Gasteiger partial charge on any atom is -0.330 e. The molecule has 118 valence electrons. The molecule has 0 aliphatic heterocycles. The largest absolute Gasteiger partial charge is 0.330 e. The monoisotopic (exact) mass is 367 g/mol. The molecule has 0 amide bonds. The van der Waals surface area contributed by atoms with Crippen LogP contribution in [0, 0.1) is 0 Å². The van der Waals surface area contributed by atoms with Crippen LogP contribution in [0.25, 0.3) is 0 Å². The first-order valence-electron chi connectivity index (χ1n) is 7.74. The van der Waals surface area contributed by atoms with Crippen molar-refractivity contribution < 1.29 is 0 Å². The van der Waals surface area contributed by atoms with E-state index in [9.17, 15) is 0 Å². The highest BCUT2D eigenvalue weighted by Crippen LogP contribution is 2.41. The van der Waals surface area contributed by atoms with Crippen molar-refractivity contribution in [3.63, 3.8) is 0 Å². The molecule has 0 bridgehead atoms. The summed E-state index contributed by atoms with van der Waals surface area (Å²) < 4.78 is 0. The van der Waals surface area contributed by atoms with Crippen LogP contribution in [-0.2, 0) is 5.41 Å². The van der Waals surface area contributed by atoms with Crippen LogP contribution in [0.3, 0.4) is 0 Å². The predicted molar refractivity (Wildman–Crippen MR) is 103 cm³/mol. The molecule has 2 N–H and O–H groups in total. The summed E-state index contributed by atoms with van der Waals surface area (Å²) in [6, 6.07) is 32.0. The van der Waals surface area contributed by atoms with Crippen molar-refractivity contribution in [2.45, 2.75) is 11.8 Å². The summed E-state index contributed by atoms with van der Waals surface area (Å²) in [4.78, 5) is 0. The van der Waals surface area contributed by atoms with Crippen molar-refractivity contribution in [1.82, 2.24) is 0 Å². The second-order valence-corrected chi connectivity index (χ2v) is 5.54. The number of hydrogen-bond acceptors (Lipinski definition) is 1. The third kappa shape index (κ3) is 3.39. The van der Waals surface area contributed by atoms with Gasteiger partial charge in [-0.05, 0) is 29.7 Å². The average Bonchev–Trinajstić information content (AvgIpc) is 2.62. The number of rotatable bonds is 5. The fourth-order valence-electron chi connectivity index (χ4n) is 3.32. The molecule has 0 aliphatic rings. The van der Waals surface area contributed by atoms with Gasteiger partial charge in [0.1, 0.15) is 0 Å². The summed E-state index contributed by atoms with van der Waals surface area (Å²) in [5.41, 5.74) is 9.70. The highest BCUT2D eigenvalue weighted by atomic mass is 79.9. The summed E-state index contributed by atoms with van der Waals surface area (Å²) in [6.07, 6.45) is 0.880. The highest BCUT2D eigenvalue weighted by Gasteiger charge is 2.35. The van der Waals surface area contributed by atoms with E-state index in [1.807, 2.05) is 0 Å². The lowest BCUT2D eigenvalue weighted by atomic mass is 9.67. The Kier molecular flexibility index (Phi) is 6.14. The maximum atomic E-state index is 6.03. The van der Waals surface area contributed by atoms with E-state index >= 15 is 0 Å². The lowest BCUT2D eigenvalue weighted by Crippen LogP contribution is -2.32. The third-order valence-electron chi connectivity index (χ3n) is 4.32. The van der Waals surface area contributed by atoms with E-state index in [4.69, 9.17) is 5.73 Å². The van der Waals surface area contributed by atoms with Crippen LogP contribution in [0.15, 0.2) is 91.0 Å². The maximum absolute atomic E-state index is 6.03. The van der Waals surface area contributed by atoms with Gasteiger partial charge in [0.25, 0.3) is 0 Å². The van der Waals surface area contributed by atoms with Gasteiger partial charge in [0.15, 0.2) is 0 Å². The maximum Gasteiger partial charge on any atom is 0.0463 e. The van der Waals surface area contributed by atoms with Gasteiger partial charge < -0.3 is 5.73 Å². The van der Waals surface area contributed by atoms with Crippen LogP contribution < -0.4 is 5.73 Å². The highest BCUT2D eigenvalue weighted by molar-refractivity contribution is 8.93. The summed E-state index contributed by atoms with van der Waals surface area (Å²) in [5.74, 6) is 0. The summed E-state index contributed by atoms with van der Waals surface area (Å²) in [5, 5.41) is 0. The van der Waals surface area contributed by atoms with Crippen LogP contribution in [0.1, 0.15) is 23.1 Å². The summed E-state index contributed by atoms with van der Waals surface area (Å²) in [6.45, 7) is 0.638. The Morgan fingerprint density at radius 2 is 0.870 bits per heavy atom. The molecule has 3 aromatic carbocycles. The Morgan fingerprint density at radius 3 is 1.13 bits per heavy atom. The summed E-state index contributed by atoms with van der Waals surface area (Å²) in [7, 11) is 0. The Balaban J connectivity index is 0.00000192. The molecular weight excluding hydrogens is 346 g/mol. The van der Waals surface area contributed by atoms with Gasteiger partial charge in [0, 0.05) is 5.41 Å². The van der Waals surface area contributed by atoms with Gasteiger partial charge in [-0.1, -0.05) is 91.0 Å². The van der Waals surface area contributed by atoms with Crippen molar-refractivity contribution in [2.75, 3.05) is 6.54 Å². The first kappa shape index (κ1) is 17.5. The topological polar surface area (TPSA) is 26.0 Å². The lowest BCUT2D eigenvalue weighted by molar-refractivity contribution is 0.568. The average molecular weight is 368 g/mol. The Hall–Kier alpha value is -1.90. The van der Waals surface area contributed by atoms with Crippen LogP contribution in [0.2, 0.25) is 0 Å². The fraction of sp³-hybridized carbons (Fsp3) is 0.143.